The first-order valence-electron chi connectivity index (χ1n) is 6.84. The maximum absolute atomic E-state index is 4.74. The summed E-state index contributed by atoms with van der Waals surface area (Å²) >= 11 is 3.50. The van der Waals surface area contributed by atoms with Gasteiger partial charge in [-0.2, -0.15) is 0 Å². The van der Waals surface area contributed by atoms with E-state index >= 15 is 0 Å². The van der Waals surface area contributed by atoms with Crippen LogP contribution in [-0.2, 0) is 5.41 Å². The van der Waals surface area contributed by atoms with Crippen molar-refractivity contribution >= 4 is 26.8 Å². The first-order chi connectivity index (χ1) is 9.95. The van der Waals surface area contributed by atoms with Gasteiger partial charge in [0.1, 0.15) is 10.4 Å². The van der Waals surface area contributed by atoms with Crippen molar-refractivity contribution in [3.63, 3.8) is 0 Å². The number of nitrogens with zero attached hydrogens (tertiary/aromatic N) is 3. The minimum atomic E-state index is -0.101. The number of pyridine rings is 1. The summed E-state index contributed by atoms with van der Waals surface area (Å²) in [4.78, 5) is 13.7. The van der Waals surface area contributed by atoms with Gasteiger partial charge in [-0.15, -0.1) is 0 Å². The molecule has 3 rings (SSSR count). The normalized spacial score (nSPS) is 11.8. The summed E-state index contributed by atoms with van der Waals surface area (Å²) in [6.45, 7) is 6.33. The van der Waals surface area contributed by atoms with Crippen LogP contribution in [0.25, 0.3) is 22.2 Å². The van der Waals surface area contributed by atoms with Crippen LogP contribution in [0.1, 0.15) is 26.6 Å². The highest BCUT2D eigenvalue weighted by Gasteiger charge is 2.19. The molecule has 1 aromatic carbocycles. The summed E-state index contributed by atoms with van der Waals surface area (Å²) in [6, 6.07) is 12.1. The molecule has 0 bridgehead atoms. The van der Waals surface area contributed by atoms with E-state index in [1.165, 1.54) is 0 Å². The smallest absolute Gasteiger partial charge is 0.135 e. The molecule has 0 fully saturated rings. The number of aromatic nitrogens is 3. The molecule has 0 radical (unpaired) electrons. The van der Waals surface area contributed by atoms with E-state index in [1.807, 2.05) is 24.4 Å². The van der Waals surface area contributed by atoms with Crippen molar-refractivity contribution in [2.24, 2.45) is 0 Å². The fourth-order valence-corrected chi connectivity index (χ4v) is 2.59. The van der Waals surface area contributed by atoms with E-state index in [4.69, 9.17) is 4.98 Å². The summed E-state index contributed by atoms with van der Waals surface area (Å²) in [5, 5.41) is 1.11. The van der Waals surface area contributed by atoms with Crippen LogP contribution in [0.4, 0.5) is 0 Å². The average Bonchev–Trinajstić information content (AvgIpc) is 2.45. The molecule has 0 amide bonds. The standard InChI is InChI=1S/C17H16BrN3/c1-17(2,3)16-20-13(10-14(18)21-16)12-8-4-6-11-7-5-9-19-15(11)12/h4-10H,1-3H3. The maximum Gasteiger partial charge on any atom is 0.135 e. The summed E-state index contributed by atoms with van der Waals surface area (Å²) < 4.78 is 0.797. The molecule has 3 aromatic rings. The van der Waals surface area contributed by atoms with Gasteiger partial charge in [0.25, 0.3) is 0 Å². The first-order valence-corrected chi connectivity index (χ1v) is 7.63. The van der Waals surface area contributed by atoms with E-state index in [0.29, 0.717) is 0 Å². The molecule has 0 aliphatic carbocycles. The molecule has 0 saturated carbocycles. The fourth-order valence-electron chi connectivity index (χ4n) is 2.20. The van der Waals surface area contributed by atoms with Crippen LogP contribution in [0.3, 0.4) is 0 Å². The second kappa shape index (κ2) is 5.19. The number of benzene rings is 1. The molecule has 106 valence electrons. The maximum atomic E-state index is 4.74. The van der Waals surface area contributed by atoms with Crippen LogP contribution < -0.4 is 0 Å². The number of rotatable bonds is 1. The molecule has 0 unspecified atom stereocenters. The number of para-hydroxylation sites is 1. The predicted molar refractivity (Wildman–Crippen MR) is 89.2 cm³/mol. The van der Waals surface area contributed by atoms with Crippen molar-refractivity contribution < 1.29 is 0 Å². The number of hydrogen-bond acceptors (Lipinski definition) is 3. The molecule has 4 heteroatoms. The SMILES string of the molecule is CC(C)(C)c1nc(Br)cc(-c2cccc3cccnc23)n1. The van der Waals surface area contributed by atoms with Gasteiger partial charge in [-0.1, -0.05) is 45.0 Å². The Bertz CT molecular complexity index is 801. The Balaban J connectivity index is 2.26. The Morgan fingerprint density at radius 3 is 2.52 bits per heavy atom. The van der Waals surface area contributed by atoms with Crippen molar-refractivity contribution in [3.05, 3.63) is 53.0 Å². The van der Waals surface area contributed by atoms with Crippen molar-refractivity contribution in [1.29, 1.82) is 0 Å². The summed E-state index contributed by atoms with van der Waals surface area (Å²) in [6.07, 6.45) is 1.81. The molecule has 3 nitrogen and oxygen atoms in total. The van der Waals surface area contributed by atoms with Gasteiger partial charge in [0.15, 0.2) is 0 Å². The summed E-state index contributed by atoms with van der Waals surface area (Å²) in [5.41, 5.74) is 2.79. The number of hydrogen-bond donors (Lipinski definition) is 0. The van der Waals surface area contributed by atoms with Crippen molar-refractivity contribution in [2.75, 3.05) is 0 Å². The van der Waals surface area contributed by atoms with E-state index in [9.17, 15) is 0 Å². The lowest BCUT2D eigenvalue weighted by molar-refractivity contribution is 0.544. The minimum Gasteiger partial charge on any atom is -0.256 e. The Morgan fingerprint density at radius 1 is 1.00 bits per heavy atom. The van der Waals surface area contributed by atoms with Gasteiger partial charge < -0.3 is 0 Å². The summed E-state index contributed by atoms with van der Waals surface area (Å²) in [5.74, 6) is 0.819. The Kier molecular flexibility index (Phi) is 3.49. The zero-order chi connectivity index (χ0) is 15.0. The Labute approximate surface area is 132 Å². The van der Waals surface area contributed by atoms with Crippen LogP contribution in [0.15, 0.2) is 47.2 Å². The lowest BCUT2D eigenvalue weighted by Crippen LogP contribution is -2.16. The molecule has 2 aromatic heterocycles. The van der Waals surface area contributed by atoms with Crippen LogP contribution in [0.2, 0.25) is 0 Å². The van der Waals surface area contributed by atoms with Crippen molar-refractivity contribution in [3.8, 4) is 11.3 Å². The Morgan fingerprint density at radius 2 is 1.76 bits per heavy atom. The van der Waals surface area contributed by atoms with E-state index in [0.717, 1.165) is 32.6 Å². The highest BCUT2D eigenvalue weighted by Crippen LogP contribution is 2.29. The molecule has 0 aliphatic rings. The van der Waals surface area contributed by atoms with Crippen LogP contribution in [-0.4, -0.2) is 15.0 Å². The molecule has 0 aliphatic heterocycles. The molecular weight excluding hydrogens is 326 g/mol. The first kappa shape index (κ1) is 14.1. The van der Waals surface area contributed by atoms with Gasteiger partial charge >= 0.3 is 0 Å². The van der Waals surface area contributed by atoms with Crippen LogP contribution in [0, 0.1) is 0 Å². The summed E-state index contributed by atoms with van der Waals surface area (Å²) in [7, 11) is 0. The monoisotopic (exact) mass is 341 g/mol. The Hall–Kier alpha value is -1.81. The number of fused-ring (bicyclic) bond motifs is 1. The number of halogens is 1. The van der Waals surface area contributed by atoms with Gasteiger partial charge in [-0.3, -0.25) is 4.98 Å². The average molecular weight is 342 g/mol. The topological polar surface area (TPSA) is 38.7 Å². The van der Waals surface area contributed by atoms with Gasteiger partial charge in [-0.25, -0.2) is 9.97 Å². The largest absolute Gasteiger partial charge is 0.256 e. The molecule has 0 saturated heterocycles. The van der Waals surface area contributed by atoms with Crippen molar-refractivity contribution in [2.45, 2.75) is 26.2 Å². The fraction of sp³-hybridized carbons (Fsp3) is 0.235. The third-order valence-electron chi connectivity index (χ3n) is 3.27. The molecule has 2 heterocycles. The molecule has 0 atom stereocenters. The molecular formula is C17H16BrN3. The van der Waals surface area contributed by atoms with E-state index in [1.54, 1.807) is 0 Å². The highest BCUT2D eigenvalue weighted by molar-refractivity contribution is 9.10. The van der Waals surface area contributed by atoms with E-state index in [2.05, 4.69) is 64.9 Å². The van der Waals surface area contributed by atoms with Crippen LogP contribution >= 0.6 is 15.9 Å². The highest BCUT2D eigenvalue weighted by atomic mass is 79.9. The zero-order valence-electron chi connectivity index (χ0n) is 12.3. The lowest BCUT2D eigenvalue weighted by atomic mass is 9.95. The zero-order valence-corrected chi connectivity index (χ0v) is 13.8. The van der Waals surface area contributed by atoms with Crippen molar-refractivity contribution in [1.82, 2.24) is 15.0 Å². The van der Waals surface area contributed by atoms with Gasteiger partial charge in [-0.05, 0) is 28.1 Å². The third kappa shape index (κ3) is 2.81. The minimum absolute atomic E-state index is 0.101. The van der Waals surface area contributed by atoms with Gasteiger partial charge in [0, 0.05) is 22.6 Å². The quantitative estimate of drug-likeness (QED) is 0.599. The second-order valence-corrected chi connectivity index (χ2v) is 6.84. The van der Waals surface area contributed by atoms with E-state index < -0.39 is 0 Å². The molecule has 21 heavy (non-hydrogen) atoms. The second-order valence-electron chi connectivity index (χ2n) is 6.03. The molecule has 0 N–H and O–H groups in total. The van der Waals surface area contributed by atoms with Gasteiger partial charge in [0.05, 0.1) is 11.2 Å². The van der Waals surface area contributed by atoms with Crippen LogP contribution in [0.5, 0.6) is 0 Å². The molecule has 0 spiro atoms. The van der Waals surface area contributed by atoms with Gasteiger partial charge in [0.2, 0.25) is 0 Å². The predicted octanol–water partition coefficient (Wildman–Crippen LogP) is 4.75. The lowest BCUT2D eigenvalue weighted by Gasteiger charge is -2.18. The third-order valence-corrected chi connectivity index (χ3v) is 3.68. The van der Waals surface area contributed by atoms with E-state index in [-0.39, 0.29) is 5.41 Å².